The SMILES string of the molecule is CCS(=S)COC1C[C@H](n2cc(C#CCCC(=O)OCCCCOCSSC(C)(C)CCOC(=O)NCCOCCOCCCC(=O)c3ccc(C(=O)O)c(-c4c5ccc(=N)c(S(=O)(=O)O)c-5oc5c(S(=O)(=O)O)c(N)ccc45)c3)c(N)nc2=O)O[C@@H]1COP(=O)(O)OP(=O)(O)OP(=O)(O)O. The van der Waals surface area contributed by atoms with Crippen molar-refractivity contribution in [1.29, 1.82) is 5.41 Å². The average molecular weight is 1600 g/mol. The molecule has 0 bridgehead atoms. The van der Waals surface area contributed by atoms with Crippen LogP contribution in [-0.2, 0) is 106 Å². The molecule has 558 valence electrons. The molecule has 3 aliphatic rings. The number of rotatable bonds is 41. The second-order valence-electron chi connectivity index (χ2n) is 22.0. The lowest BCUT2D eigenvalue weighted by atomic mass is 9.88. The van der Waals surface area contributed by atoms with Crippen LogP contribution in [0, 0.1) is 17.3 Å². The van der Waals surface area contributed by atoms with Crippen molar-refractivity contribution in [2.75, 3.05) is 88.5 Å². The number of unbranched alkanes of at least 4 members (excludes halogenated alkanes) is 1. The summed E-state index contributed by atoms with van der Waals surface area (Å²) < 4.78 is 164. The number of nitrogen functional groups attached to an aromatic ring is 2. The number of carbonyl (C=O) groups is 4. The van der Waals surface area contributed by atoms with Gasteiger partial charge in [0.15, 0.2) is 26.9 Å². The predicted molar refractivity (Wildman–Crippen MR) is 367 cm³/mol. The van der Waals surface area contributed by atoms with E-state index < -0.39 is 145 Å². The fourth-order valence-corrected chi connectivity index (χ4v) is 16.7. The first-order chi connectivity index (χ1) is 47.3. The molecule has 36 nitrogen and oxygen atoms in total. The van der Waals surface area contributed by atoms with Gasteiger partial charge in [0.05, 0.1) is 80.3 Å². The van der Waals surface area contributed by atoms with E-state index in [0.29, 0.717) is 37.6 Å². The summed E-state index contributed by atoms with van der Waals surface area (Å²) in [4.78, 5) is 103. The number of phosphoric ester groups is 1. The number of aromatic nitrogens is 2. The van der Waals surface area contributed by atoms with Crippen LogP contribution in [0.3, 0.4) is 0 Å². The van der Waals surface area contributed by atoms with E-state index in [9.17, 15) is 78.5 Å². The number of hydrogen-bond acceptors (Lipinski definition) is 30. The minimum absolute atomic E-state index is 0.000376. The number of anilines is 2. The molecule has 101 heavy (non-hydrogen) atoms. The quantitative estimate of drug-likeness (QED) is 0.00202. The summed E-state index contributed by atoms with van der Waals surface area (Å²) in [5.74, 6) is 3.02. The summed E-state index contributed by atoms with van der Waals surface area (Å²) >= 11 is 5.32. The summed E-state index contributed by atoms with van der Waals surface area (Å²) in [6, 6.07) is 8.04. The van der Waals surface area contributed by atoms with Gasteiger partial charge in [0.25, 0.3) is 20.2 Å². The highest BCUT2D eigenvalue weighted by Gasteiger charge is 2.44. The Morgan fingerprint density at radius 3 is 2.25 bits per heavy atom. The molecule has 1 saturated heterocycles. The number of carboxylic acids is 1. The van der Waals surface area contributed by atoms with Gasteiger partial charge in [0.1, 0.15) is 24.1 Å². The van der Waals surface area contributed by atoms with E-state index in [2.05, 4.69) is 30.8 Å². The predicted octanol–water partition coefficient (Wildman–Crippen LogP) is 6.07. The van der Waals surface area contributed by atoms with E-state index in [1.165, 1.54) is 41.3 Å². The summed E-state index contributed by atoms with van der Waals surface area (Å²) in [5, 5.41) is 20.1. The van der Waals surface area contributed by atoms with E-state index in [1.807, 2.05) is 20.8 Å². The number of carbonyl (C=O) groups excluding carboxylic acids is 3. The van der Waals surface area contributed by atoms with Crippen molar-refractivity contribution in [2.45, 2.75) is 105 Å². The van der Waals surface area contributed by atoms with Crippen LogP contribution in [0.5, 0.6) is 0 Å². The van der Waals surface area contributed by atoms with Crippen LogP contribution in [0.4, 0.5) is 16.3 Å². The zero-order valence-corrected chi connectivity index (χ0v) is 61.4. The van der Waals surface area contributed by atoms with Crippen molar-refractivity contribution in [3.63, 3.8) is 0 Å². The van der Waals surface area contributed by atoms with Crippen molar-refractivity contribution in [3.8, 4) is 34.3 Å². The highest BCUT2D eigenvalue weighted by Crippen LogP contribution is 2.66. The van der Waals surface area contributed by atoms with Gasteiger partial charge in [-0.25, -0.2) is 28.1 Å². The molecule has 6 atom stereocenters. The van der Waals surface area contributed by atoms with Crippen LogP contribution in [0.15, 0.2) is 67.7 Å². The van der Waals surface area contributed by atoms with Crippen LogP contribution in [-0.4, -0.2) is 178 Å². The molecule has 2 aliphatic heterocycles. The van der Waals surface area contributed by atoms with Crippen LogP contribution in [0.1, 0.15) is 105 Å². The van der Waals surface area contributed by atoms with Crippen LogP contribution >= 0.6 is 45.1 Å². The van der Waals surface area contributed by atoms with Crippen molar-refractivity contribution >= 4 is 132 Å². The third kappa shape index (κ3) is 26.5. The largest absolute Gasteiger partial charge is 0.490 e. The summed E-state index contributed by atoms with van der Waals surface area (Å²) in [6.07, 6.45) is -1.06. The maximum Gasteiger partial charge on any atom is 0.490 e. The number of carboxylic acid groups (broad SMARTS) is 1. The number of amides is 1. The standard InChI is InChI=1S/C56H73N6O30P3S6/c1-4-99(96)33-87-43-29-45(89-44(43)31-88-94(72,73)92-95(74,75)91-93(69,70)71)62-30-35(52(59)61-54(62)67)10-5-6-12-46(64)85-23-8-7-21-84-32-97-98-56(2,3)19-24-86-55(68)60-20-25-83-27-26-82-22-9-11-42(63)34-13-14-36(53(65)66)39(28-34)47-37-15-17-40(57)50(100(76,77)78)48(37)90-49-38(47)16-18-41(58)51(49)101(79,80)81/h13-18,28,30,43-45,57H,4,6-9,11-12,19-27,29,31-33,58H2,1-3H3,(H,60,68)(H,65,66)(H,72,73)(H,74,75)(H2,59,61,67)(H2,69,70,71)(H,76,77,78)(H,79,80,81)/t43?,44-,45-,99?/m1/s1. The third-order valence-electron chi connectivity index (χ3n) is 13.9. The highest BCUT2D eigenvalue weighted by molar-refractivity contribution is 8.77. The number of alkyl carbamates (subject to hydrolysis) is 1. The summed E-state index contributed by atoms with van der Waals surface area (Å²) in [7, 11) is -25.1. The molecule has 3 aromatic rings. The Bertz CT molecular complexity index is 4390. The number of hydrogen-bond donors (Lipinski definition) is 11. The van der Waals surface area contributed by atoms with Gasteiger partial charge in [0, 0.05) is 72.0 Å². The molecule has 1 fully saturated rings. The van der Waals surface area contributed by atoms with Gasteiger partial charge in [-0.05, 0) is 98.4 Å². The number of esters is 1. The average Bonchev–Trinajstić information content (AvgIpc) is 1.53. The van der Waals surface area contributed by atoms with E-state index >= 15 is 0 Å². The number of nitrogens with two attached hydrogens (primary N) is 2. The maximum atomic E-state index is 13.5. The van der Waals surface area contributed by atoms with Gasteiger partial charge in [-0.2, -0.15) is 30.4 Å². The zero-order chi connectivity index (χ0) is 74.7. The maximum absolute atomic E-state index is 13.5. The molecular weight excluding hydrogens is 1520 g/mol. The lowest BCUT2D eigenvalue weighted by Gasteiger charge is -2.22. The number of ether oxygens (including phenoxy) is 7. The van der Waals surface area contributed by atoms with E-state index in [1.54, 1.807) is 10.8 Å². The number of ketones is 1. The number of nitrogens with one attached hydrogen (secondary N) is 2. The van der Waals surface area contributed by atoms with E-state index in [-0.39, 0.29) is 128 Å². The molecule has 6 rings (SSSR count). The second kappa shape index (κ2) is 37.9. The number of Topliss-reactive ketones (excluding diaryl/α,β-unsaturated/α-hetero) is 1. The van der Waals surface area contributed by atoms with Crippen molar-refractivity contribution in [3.05, 3.63) is 81.2 Å². The molecule has 13 N–H and O–H groups in total. The van der Waals surface area contributed by atoms with E-state index in [0.717, 1.165) is 22.8 Å². The summed E-state index contributed by atoms with van der Waals surface area (Å²) in [5.41, 5.74) is 8.78. The lowest BCUT2D eigenvalue weighted by Crippen LogP contribution is -2.30. The van der Waals surface area contributed by atoms with Gasteiger partial charge in [-0.15, -0.1) is 0 Å². The van der Waals surface area contributed by atoms with E-state index in [4.69, 9.17) is 80.0 Å². The first-order valence-electron chi connectivity index (χ1n) is 29.9. The van der Waals surface area contributed by atoms with Gasteiger partial charge in [0.2, 0.25) is 0 Å². The Kier molecular flexibility index (Phi) is 31.6. The molecular formula is C56H73N6O30P3S6. The molecule has 0 radical (unpaired) electrons. The Balaban J connectivity index is 0.814. The van der Waals surface area contributed by atoms with Gasteiger partial charge in [-0.3, -0.25) is 33.2 Å². The number of phosphoric acid groups is 3. The minimum Gasteiger partial charge on any atom is -0.478 e. The minimum atomic E-state index is -5.81. The molecule has 0 saturated carbocycles. The molecule has 1 amide bonds. The summed E-state index contributed by atoms with van der Waals surface area (Å²) in [6.45, 7) is 6.27. The number of nitrogens with zero attached hydrogens (tertiary/aromatic N) is 2. The van der Waals surface area contributed by atoms with Crippen molar-refractivity contribution in [2.24, 2.45) is 0 Å². The molecule has 0 spiro atoms. The molecule has 45 heteroatoms. The van der Waals surface area contributed by atoms with Gasteiger partial charge < -0.3 is 79.0 Å². The lowest BCUT2D eigenvalue weighted by molar-refractivity contribution is -0.143. The first kappa shape index (κ1) is 84.3. The number of benzene rings is 3. The highest BCUT2D eigenvalue weighted by atomic mass is 33.1. The molecule has 1 aliphatic carbocycles. The first-order valence-corrected chi connectivity index (χ1v) is 42.1. The fourth-order valence-electron chi connectivity index (χ4n) is 9.28. The van der Waals surface area contributed by atoms with Crippen molar-refractivity contribution in [1.82, 2.24) is 14.9 Å². The van der Waals surface area contributed by atoms with Crippen LogP contribution in [0.25, 0.3) is 33.4 Å². The molecule has 2 aromatic carbocycles. The third-order valence-corrected chi connectivity index (χ3v) is 24.7. The van der Waals surface area contributed by atoms with Crippen LogP contribution < -0.4 is 27.8 Å². The van der Waals surface area contributed by atoms with Gasteiger partial charge in [-0.1, -0.05) is 55.9 Å². The Labute approximate surface area is 592 Å². The number of aromatic carboxylic acids is 1. The Morgan fingerprint density at radius 1 is 0.871 bits per heavy atom. The fraction of sp³-hybridized carbons (Fsp3) is 0.482. The molecule has 3 heterocycles. The second-order valence-corrected chi connectivity index (χ2v) is 35.2. The molecule has 1 aromatic heterocycles. The monoisotopic (exact) mass is 1590 g/mol. The smallest absolute Gasteiger partial charge is 0.478 e. The van der Waals surface area contributed by atoms with Crippen molar-refractivity contribution < 1.29 is 134 Å². The van der Waals surface area contributed by atoms with Crippen LogP contribution in [0.2, 0.25) is 0 Å². The normalized spacial score (nSPS) is 16.6. The molecule has 4 unspecified atom stereocenters. The topological polar surface area (TPSA) is 558 Å². The Hall–Kier alpha value is -5.65. The number of fused-ring (bicyclic) bond motifs is 2. The Morgan fingerprint density at radius 2 is 1.56 bits per heavy atom. The van der Waals surface area contributed by atoms with Gasteiger partial charge >= 0.3 is 47.2 Å². The zero-order valence-electron chi connectivity index (χ0n) is 53.9.